The molecule has 2 N–H and O–H groups in total. The molecule has 0 rings (SSSR count). The lowest BCUT2D eigenvalue weighted by molar-refractivity contribution is -0.142. The summed E-state index contributed by atoms with van der Waals surface area (Å²) in [5.74, 6) is -0.213. The van der Waals surface area contributed by atoms with E-state index in [1.165, 1.54) is 0 Å². The van der Waals surface area contributed by atoms with Gasteiger partial charge in [0.1, 0.15) is 0 Å². The average molecular weight is 147 g/mol. The molecule has 0 aromatic rings. The minimum absolute atomic E-state index is 0.213. The van der Waals surface area contributed by atoms with Crippen molar-refractivity contribution in [2.24, 2.45) is 5.73 Å². The molecule has 0 radical (unpaired) electrons. The summed E-state index contributed by atoms with van der Waals surface area (Å²) in [5, 5.41) is 0. The van der Waals surface area contributed by atoms with E-state index in [0.717, 1.165) is 0 Å². The van der Waals surface area contributed by atoms with Gasteiger partial charge in [-0.05, 0) is 6.92 Å². The zero-order valence-electron chi connectivity index (χ0n) is 7.02. The van der Waals surface area contributed by atoms with Gasteiger partial charge in [-0.3, -0.25) is 4.79 Å². The molecule has 0 heterocycles. The summed E-state index contributed by atoms with van der Waals surface area (Å²) in [6.45, 7) is 6.59. The predicted molar refractivity (Wildman–Crippen MR) is 41.7 cm³/mol. The average Bonchev–Trinajstić information content (AvgIpc) is 1.93. The van der Waals surface area contributed by atoms with Crippen LogP contribution in [0, 0.1) is 0 Å². The maximum Gasteiger partial charge on any atom is 0.307 e. The molecule has 0 aliphatic heterocycles. The van der Waals surface area contributed by atoms with E-state index in [-0.39, 0.29) is 5.97 Å². The Morgan fingerprint density at radius 2 is 2.00 bits per heavy atom. The first-order valence-corrected chi connectivity index (χ1v) is 3.67. The lowest BCUT2D eigenvalue weighted by atomic mass is 10.4. The monoisotopic (exact) mass is 147 g/mol. The first kappa shape index (κ1) is 12.1. The molecular weight excluding hydrogens is 130 g/mol. The van der Waals surface area contributed by atoms with Crippen molar-refractivity contribution in [3.8, 4) is 0 Å². The van der Waals surface area contributed by atoms with Gasteiger partial charge < -0.3 is 10.5 Å². The highest BCUT2D eigenvalue weighted by Crippen LogP contribution is 1.80. The van der Waals surface area contributed by atoms with Gasteiger partial charge in [0, 0.05) is 6.54 Å². The van der Waals surface area contributed by atoms with Crippen LogP contribution in [0.3, 0.4) is 0 Å². The first-order chi connectivity index (χ1) is 4.81. The van der Waals surface area contributed by atoms with Crippen molar-refractivity contribution < 1.29 is 9.53 Å². The third kappa shape index (κ3) is 10.4. The number of esters is 1. The summed E-state index contributed by atoms with van der Waals surface area (Å²) in [7, 11) is 0. The summed E-state index contributed by atoms with van der Waals surface area (Å²) in [5.41, 5.74) is 5.06. The van der Waals surface area contributed by atoms with Crippen LogP contribution in [-0.4, -0.2) is 19.1 Å². The number of hydrogen-bond acceptors (Lipinski definition) is 3. The smallest absolute Gasteiger partial charge is 0.307 e. The number of ether oxygens (including phenoxy) is 1. The van der Waals surface area contributed by atoms with Gasteiger partial charge in [-0.2, -0.15) is 0 Å². The molecule has 10 heavy (non-hydrogen) atoms. The summed E-state index contributed by atoms with van der Waals surface area (Å²) in [6.07, 6.45) is 0.327. The van der Waals surface area contributed by atoms with Crippen LogP contribution in [0.1, 0.15) is 27.2 Å². The Hall–Kier alpha value is -0.570. The Labute approximate surface area is 62.5 Å². The first-order valence-electron chi connectivity index (χ1n) is 3.67. The van der Waals surface area contributed by atoms with Crippen LogP contribution in [0.5, 0.6) is 0 Å². The van der Waals surface area contributed by atoms with Crippen LogP contribution in [-0.2, 0) is 9.53 Å². The van der Waals surface area contributed by atoms with Crippen LogP contribution < -0.4 is 5.73 Å². The molecule has 0 bridgehead atoms. The Morgan fingerprint density at radius 3 is 2.30 bits per heavy atom. The van der Waals surface area contributed by atoms with Crippen molar-refractivity contribution in [2.45, 2.75) is 27.2 Å². The quantitative estimate of drug-likeness (QED) is 0.604. The second kappa shape index (κ2) is 11.3. The zero-order valence-corrected chi connectivity index (χ0v) is 7.02. The maximum absolute atomic E-state index is 10.3. The van der Waals surface area contributed by atoms with Gasteiger partial charge >= 0.3 is 5.97 Å². The highest BCUT2D eigenvalue weighted by atomic mass is 16.5. The lowest BCUT2D eigenvalue weighted by Gasteiger charge is -1.96. The van der Waals surface area contributed by atoms with Crippen molar-refractivity contribution in [2.75, 3.05) is 13.2 Å². The van der Waals surface area contributed by atoms with Gasteiger partial charge in [0.25, 0.3) is 0 Å². The van der Waals surface area contributed by atoms with Gasteiger partial charge in [-0.25, -0.2) is 0 Å². The molecule has 0 saturated carbocycles. The number of nitrogens with two attached hydrogens (primary N) is 1. The molecule has 3 heteroatoms. The molecule has 0 spiro atoms. The number of hydrogen-bond donors (Lipinski definition) is 1. The summed E-state index contributed by atoms with van der Waals surface area (Å²) in [4.78, 5) is 10.3. The SMILES string of the molecule is CC.CCOC(=O)CCN. The fraction of sp³-hybridized carbons (Fsp3) is 0.857. The van der Waals surface area contributed by atoms with Crippen LogP contribution in [0.4, 0.5) is 0 Å². The summed E-state index contributed by atoms with van der Waals surface area (Å²) < 4.78 is 4.56. The Morgan fingerprint density at radius 1 is 1.50 bits per heavy atom. The molecule has 0 fully saturated rings. The number of carbonyl (C=O) groups is 1. The molecule has 0 aromatic carbocycles. The Kier molecular flexibility index (Phi) is 13.7. The second-order valence-electron chi connectivity index (χ2n) is 1.34. The third-order valence-electron chi connectivity index (χ3n) is 0.654. The van der Waals surface area contributed by atoms with Crippen molar-refractivity contribution in [3.05, 3.63) is 0 Å². The maximum atomic E-state index is 10.3. The van der Waals surface area contributed by atoms with Gasteiger partial charge in [-0.1, -0.05) is 13.8 Å². The number of carbonyl (C=O) groups excluding carboxylic acids is 1. The van der Waals surface area contributed by atoms with Crippen LogP contribution in [0.2, 0.25) is 0 Å². The predicted octanol–water partition coefficient (Wildman–Crippen LogP) is 0.924. The normalized spacial score (nSPS) is 7.60. The molecule has 0 saturated heterocycles. The van der Waals surface area contributed by atoms with Crippen molar-refractivity contribution in [1.82, 2.24) is 0 Å². The highest BCUT2D eigenvalue weighted by Gasteiger charge is 1.95. The Bertz CT molecular complexity index is 66.0. The van der Waals surface area contributed by atoms with Crippen molar-refractivity contribution >= 4 is 5.97 Å². The molecular formula is C7H17NO2. The number of rotatable bonds is 3. The van der Waals surface area contributed by atoms with E-state index in [4.69, 9.17) is 5.73 Å². The molecule has 0 aliphatic rings. The van der Waals surface area contributed by atoms with Gasteiger partial charge in [0.05, 0.1) is 13.0 Å². The van der Waals surface area contributed by atoms with Crippen molar-refractivity contribution in [3.63, 3.8) is 0 Å². The fourth-order valence-corrected chi connectivity index (χ4v) is 0.351. The topological polar surface area (TPSA) is 52.3 Å². The van der Waals surface area contributed by atoms with Crippen molar-refractivity contribution in [1.29, 1.82) is 0 Å². The van der Waals surface area contributed by atoms with Gasteiger partial charge in [0.15, 0.2) is 0 Å². The largest absolute Gasteiger partial charge is 0.466 e. The van der Waals surface area contributed by atoms with E-state index >= 15 is 0 Å². The van der Waals surface area contributed by atoms with Gasteiger partial charge in [0.2, 0.25) is 0 Å². The Balaban J connectivity index is 0. The molecule has 0 unspecified atom stereocenters. The van der Waals surface area contributed by atoms with E-state index < -0.39 is 0 Å². The van der Waals surface area contributed by atoms with E-state index in [1.807, 2.05) is 13.8 Å². The highest BCUT2D eigenvalue weighted by molar-refractivity contribution is 5.69. The molecule has 62 valence electrons. The molecule has 3 nitrogen and oxygen atoms in total. The molecule has 0 atom stereocenters. The molecule has 0 amide bonds. The third-order valence-corrected chi connectivity index (χ3v) is 0.654. The fourth-order valence-electron chi connectivity index (χ4n) is 0.351. The summed E-state index contributed by atoms with van der Waals surface area (Å²) >= 11 is 0. The van der Waals surface area contributed by atoms with E-state index in [9.17, 15) is 4.79 Å². The minimum Gasteiger partial charge on any atom is -0.466 e. The van der Waals surface area contributed by atoms with Crippen LogP contribution in [0.25, 0.3) is 0 Å². The lowest BCUT2D eigenvalue weighted by Crippen LogP contribution is -2.10. The minimum atomic E-state index is -0.213. The standard InChI is InChI=1S/C5H11NO2.C2H6/c1-2-8-5(7)3-4-6;1-2/h2-4,6H2,1H3;1-2H3. The van der Waals surface area contributed by atoms with Gasteiger partial charge in [-0.15, -0.1) is 0 Å². The molecule has 0 aromatic heterocycles. The van der Waals surface area contributed by atoms with E-state index in [2.05, 4.69) is 4.74 Å². The second-order valence-corrected chi connectivity index (χ2v) is 1.34. The van der Waals surface area contributed by atoms with Crippen LogP contribution in [0.15, 0.2) is 0 Å². The van der Waals surface area contributed by atoms with E-state index in [1.54, 1.807) is 6.92 Å². The summed E-state index contributed by atoms with van der Waals surface area (Å²) in [6, 6.07) is 0. The van der Waals surface area contributed by atoms with Crippen LogP contribution >= 0.6 is 0 Å². The van der Waals surface area contributed by atoms with E-state index in [0.29, 0.717) is 19.6 Å². The zero-order chi connectivity index (χ0) is 8.41. The molecule has 0 aliphatic carbocycles.